The molecular formula is C13H27NO3. The Labute approximate surface area is 105 Å². The predicted octanol–water partition coefficient (Wildman–Crippen LogP) is 1.92. The fourth-order valence-corrected chi connectivity index (χ4v) is 2.39. The number of hydrogen-bond donors (Lipinski definition) is 1. The molecule has 4 nitrogen and oxygen atoms in total. The average Bonchev–Trinajstić information content (AvgIpc) is 2.77. The van der Waals surface area contributed by atoms with Gasteiger partial charge < -0.3 is 19.9 Å². The number of rotatable bonds is 9. The summed E-state index contributed by atoms with van der Waals surface area (Å²) in [6, 6.07) is 0. The average molecular weight is 245 g/mol. The van der Waals surface area contributed by atoms with E-state index in [0.29, 0.717) is 31.8 Å². The molecule has 0 aromatic carbocycles. The van der Waals surface area contributed by atoms with Crippen LogP contribution in [0.1, 0.15) is 39.5 Å². The molecular weight excluding hydrogens is 218 g/mol. The Balaban J connectivity index is 2.16. The van der Waals surface area contributed by atoms with Crippen molar-refractivity contribution in [2.45, 2.75) is 51.9 Å². The predicted molar refractivity (Wildman–Crippen MR) is 67.8 cm³/mol. The van der Waals surface area contributed by atoms with Crippen LogP contribution in [0.25, 0.3) is 0 Å². The Kier molecular flexibility index (Phi) is 7.77. The van der Waals surface area contributed by atoms with Crippen molar-refractivity contribution < 1.29 is 14.2 Å². The van der Waals surface area contributed by atoms with E-state index in [2.05, 4.69) is 0 Å². The quantitative estimate of drug-likeness (QED) is 0.631. The first-order valence-corrected chi connectivity index (χ1v) is 6.86. The number of ether oxygens (including phenoxy) is 3. The van der Waals surface area contributed by atoms with Crippen LogP contribution in [0.4, 0.5) is 0 Å². The van der Waals surface area contributed by atoms with Crippen LogP contribution in [0.15, 0.2) is 0 Å². The molecule has 0 saturated heterocycles. The molecule has 1 rings (SSSR count). The first kappa shape index (κ1) is 14.9. The molecule has 2 N–H and O–H groups in total. The van der Waals surface area contributed by atoms with Gasteiger partial charge in [-0.05, 0) is 39.2 Å². The highest BCUT2D eigenvalue weighted by Crippen LogP contribution is 2.27. The zero-order chi connectivity index (χ0) is 12.5. The van der Waals surface area contributed by atoms with Crippen LogP contribution >= 0.6 is 0 Å². The fourth-order valence-electron chi connectivity index (χ4n) is 2.39. The van der Waals surface area contributed by atoms with E-state index in [9.17, 15) is 0 Å². The van der Waals surface area contributed by atoms with Crippen LogP contribution in [0.3, 0.4) is 0 Å². The molecule has 0 aliphatic heterocycles. The van der Waals surface area contributed by atoms with Crippen LogP contribution in [0.2, 0.25) is 0 Å². The first-order valence-electron chi connectivity index (χ1n) is 6.86. The minimum Gasteiger partial charge on any atom is -0.378 e. The highest BCUT2D eigenvalue weighted by molar-refractivity contribution is 4.78. The Morgan fingerprint density at radius 2 is 1.88 bits per heavy atom. The molecule has 1 saturated carbocycles. The molecule has 4 heteroatoms. The third kappa shape index (κ3) is 5.34. The van der Waals surface area contributed by atoms with Gasteiger partial charge in [-0.15, -0.1) is 0 Å². The van der Waals surface area contributed by atoms with Gasteiger partial charge in [0.25, 0.3) is 0 Å². The lowest BCUT2D eigenvalue weighted by Gasteiger charge is -2.21. The highest BCUT2D eigenvalue weighted by Gasteiger charge is 2.26. The molecule has 0 bridgehead atoms. The van der Waals surface area contributed by atoms with Crippen LogP contribution in [-0.2, 0) is 14.2 Å². The van der Waals surface area contributed by atoms with Gasteiger partial charge in [0.2, 0.25) is 0 Å². The van der Waals surface area contributed by atoms with Gasteiger partial charge in [-0.25, -0.2) is 0 Å². The second-order valence-electron chi connectivity index (χ2n) is 4.46. The molecule has 0 radical (unpaired) electrons. The number of nitrogens with two attached hydrogens (primary N) is 1. The Morgan fingerprint density at radius 3 is 2.47 bits per heavy atom. The zero-order valence-corrected chi connectivity index (χ0v) is 11.2. The summed E-state index contributed by atoms with van der Waals surface area (Å²) in [5.74, 6) is 0.549. The van der Waals surface area contributed by atoms with E-state index in [-0.39, 0.29) is 6.29 Å². The minimum absolute atomic E-state index is 0.122. The second kappa shape index (κ2) is 8.86. The van der Waals surface area contributed by atoms with Crippen molar-refractivity contribution in [3.8, 4) is 0 Å². The smallest absolute Gasteiger partial charge is 0.159 e. The molecule has 1 fully saturated rings. The van der Waals surface area contributed by atoms with Crippen molar-refractivity contribution in [3.05, 3.63) is 0 Å². The topological polar surface area (TPSA) is 53.7 Å². The van der Waals surface area contributed by atoms with Gasteiger partial charge in [-0.2, -0.15) is 0 Å². The number of hydrogen-bond acceptors (Lipinski definition) is 4. The van der Waals surface area contributed by atoms with Crippen LogP contribution in [-0.4, -0.2) is 38.8 Å². The molecule has 102 valence electrons. The van der Waals surface area contributed by atoms with E-state index in [1.165, 1.54) is 12.8 Å². The Bertz CT molecular complexity index is 184. The monoisotopic (exact) mass is 245 g/mol. The van der Waals surface area contributed by atoms with Gasteiger partial charge in [0.1, 0.15) is 0 Å². The van der Waals surface area contributed by atoms with Crippen LogP contribution in [0, 0.1) is 5.92 Å². The fraction of sp³-hybridized carbons (Fsp3) is 1.00. The molecule has 0 aromatic rings. The van der Waals surface area contributed by atoms with Crippen molar-refractivity contribution in [1.82, 2.24) is 0 Å². The molecule has 17 heavy (non-hydrogen) atoms. The van der Waals surface area contributed by atoms with Gasteiger partial charge in [0.05, 0.1) is 12.7 Å². The molecule has 0 amide bonds. The van der Waals surface area contributed by atoms with Crippen molar-refractivity contribution >= 4 is 0 Å². The summed E-state index contributed by atoms with van der Waals surface area (Å²) in [7, 11) is 0. The molecule has 0 aromatic heterocycles. The summed E-state index contributed by atoms with van der Waals surface area (Å²) < 4.78 is 16.8. The van der Waals surface area contributed by atoms with Crippen LogP contribution < -0.4 is 5.73 Å². The highest BCUT2D eigenvalue weighted by atomic mass is 16.7. The van der Waals surface area contributed by atoms with E-state index >= 15 is 0 Å². The summed E-state index contributed by atoms with van der Waals surface area (Å²) in [5, 5.41) is 0. The van der Waals surface area contributed by atoms with Gasteiger partial charge >= 0.3 is 0 Å². The van der Waals surface area contributed by atoms with E-state index < -0.39 is 0 Å². The maximum atomic E-state index is 5.89. The normalized spacial score (nSPS) is 24.7. The van der Waals surface area contributed by atoms with Gasteiger partial charge in [-0.1, -0.05) is 6.42 Å². The lowest BCUT2D eigenvalue weighted by molar-refractivity contribution is -0.150. The maximum absolute atomic E-state index is 5.89. The lowest BCUT2D eigenvalue weighted by atomic mass is 10.1. The molecule has 1 aliphatic rings. The van der Waals surface area contributed by atoms with Crippen molar-refractivity contribution in [1.29, 1.82) is 0 Å². The second-order valence-corrected chi connectivity index (χ2v) is 4.46. The molecule has 2 unspecified atom stereocenters. The lowest BCUT2D eigenvalue weighted by Crippen LogP contribution is -2.27. The Hall–Kier alpha value is -0.160. The summed E-state index contributed by atoms with van der Waals surface area (Å²) >= 11 is 0. The first-order chi connectivity index (χ1) is 8.31. The van der Waals surface area contributed by atoms with E-state index in [1.54, 1.807) is 0 Å². The standard InChI is InChI=1S/C13H27NO3/c1-3-15-13(16-4-2)8-9-17-12-7-5-6-11(12)10-14/h11-13H,3-10,14H2,1-2H3. The molecule has 0 heterocycles. The van der Waals surface area contributed by atoms with Gasteiger partial charge in [0, 0.05) is 19.6 Å². The summed E-state index contributed by atoms with van der Waals surface area (Å²) in [6.07, 6.45) is 4.63. The van der Waals surface area contributed by atoms with E-state index in [0.717, 1.165) is 19.4 Å². The maximum Gasteiger partial charge on any atom is 0.159 e. The minimum atomic E-state index is -0.122. The summed E-state index contributed by atoms with van der Waals surface area (Å²) in [6.45, 7) is 6.76. The van der Waals surface area contributed by atoms with E-state index in [1.807, 2.05) is 13.8 Å². The summed E-state index contributed by atoms with van der Waals surface area (Å²) in [5.41, 5.74) is 5.72. The van der Waals surface area contributed by atoms with Crippen molar-refractivity contribution in [3.63, 3.8) is 0 Å². The van der Waals surface area contributed by atoms with E-state index in [4.69, 9.17) is 19.9 Å². The van der Waals surface area contributed by atoms with Crippen molar-refractivity contribution in [2.24, 2.45) is 11.7 Å². The third-order valence-electron chi connectivity index (χ3n) is 3.28. The largest absolute Gasteiger partial charge is 0.378 e. The van der Waals surface area contributed by atoms with Crippen LogP contribution in [0.5, 0.6) is 0 Å². The van der Waals surface area contributed by atoms with Crippen molar-refractivity contribution in [2.75, 3.05) is 26.4 Å². The summed E-state index contributed by atoms with van der Waals surface area (Å²) in [4.78, 5) is 0. The Morgan fingerprint density at radius 1 is 1.18 bits per heavy atom. The van der Waals surface area contributed by atoms with Gasteiger partial charge in [0.15, 0.2) is 6.29 Å². The molecule has 1 aliphatic carbocycles. The molecule has 2 atom stereocenters. The molecule has 0 spiro atoms. The third-order valence-corrected chi connectivity index (χ3v) is 3.28. The SMILES string of the molecule is CCOC(CCOC1CCCC1CN)OCC. The zero-order valence-electron chi connectivity index (χ0n) is 11.2. The van der Waals surface area contributed by atoms with Gasteiger partial charge in [-0.3, -0.25) is 0 Å².